The summed E-state index contributed by atoms with van der Waals surface area (Å²) in [6, 6.07) is 16.3. The number of hydrogen-bond donors (Lipinski definition) is 1. The number of halogens is 1. The maximum Gasteiger partial charge on any atom is 0.301 e. The fourth-order valence-corrected chi connectivity index (χ4v) is 4.99. The molecule has 0 aliphatic carbocycles. The summed E-state index contributed by atoms with van der Waals surface area (Å²) in [5.74, 6) is -1.73. The van der Waals surface area contributed by atoms with Crippen molar-refractivity contribution in [3.05, 3.63) is 88.7 Å². The number of para-hydroxylation sites is 1. The number of fused-ring (bicyclic) bond motifs is 1. The number of carbonyl (C=O) groups excluding carboxylic acids is 2. The molecular weight excluding hydrogens is 462 g/mol. The number of ether oxygens (including phenoxy) is 1. The van der Waals surface area contributed by atoms with Crippen molar-refractivity contribution in [2.75, 3.05) is 12.0 Å². The predicted molar refractivity (Wildman–Crippen MR) is 127 cm³/mol. The predicted octanol–water partition coefficient (Wildman–Crippen LogP) is 4.98. The van der Waals surface area contributed by atoms with Crippen LogP contribution in [0.3, 0.4) is 0 Å². The van der Waals surface area contributed by atoms with E-state index in [1.54, 1.807) is 36.5 Å². The van der Waals surface area contributed by atoms with Crippen LogP contribution in [0.1, 0.15) is 17.3 Å². The molecule has 33 heavy (non-hydrogen) atoms. The van der Waals surface area contributed by atoms with Gasteiger partial charge in [-0.3, -0.25) is 19.5 Å². The highest BCUT2D eigenvalue weighted by Gasteiger charge is 2.49. The van der Waals surface area contributed by atoms with Crippen LogP contribution in [0.2, 0.25) is 5.02 Å². The number of pyridine rings is 1. The fourth-order valence-electron chi connectivity index (χ4n) is 3.82. The average molecular weight is 478 g/mol. The summed E-state index contributed by atoms with van der Waals surface area (Å²) in [5, 5.41) is 12.0. The Labute approximate surface area is 197 Å². The summed E-state index contributed by atoms with van der Waals surface area (Å²) in [5.41, 5.74) is 1.21. The van der Waals surface area contributed by atoms with E-state index >= 15 is 0 Å². The first kappa shape index (κ1) is 21.1. The van der Waals surface area contributed by atoms with Crippen LogP contribution in [0.15, 0.2) is 72.4 Å². The monoisotopic (exact) mass is 477 g/mol. The SMILES string of the molecule is COc1ccc(Cl)cc1/C(O)=C1\C(=O)C(=O)N(c2nc3ccccc3s2)C1c1ccccn1. The van der Waals surface area contributed by atoms with E-state index < -0.39 is 23.5 Å². The maximum absolute atomic E-state index is 13.3. The second-order valence-electron chi connectivity index (χ2n) is 7.23. The molecule has 0 radical (unpaired) electrons. The van der Waals surface area contributed by atoms with Gasteiger partial charge in [-0.15, -0.1) is 0 Å². The number of nitrogens with zero attached hydrogens (tertiary/aromatic N) is 3. The standard InChI is InChI=1S/C24H16ClN3O4S/c1-32-17-10-9-13(25)12-14(17)21(29)19-20(16-7-4-5-11-26-16)28(23(31)22(19)30)24-27-15-6-2-3-8-18(15)33-24/h2-12,20,29H,1H3/b21-19+. The summed E-state index contributed by atoms with van der Waals surface area (Å²) < 4.78 is 6.21. The van der Waals surface area contributed by atoms with Gasteiger partial charge in [-0.2, -0.15) is 0 Å². The molecule has 1 atom stereocenters. The maximum atomic E-state index is 13.3. The molecule has 0 saturated carbocycles. The Bertz CT molecular complexity index is 1400. The van der Waals surface area contributed by atoms with Gasteiger partial charge in [0.15, 0.2) is 5.13 Å². The minimum atomic E-state index is -0.976. The number of Topliss-reactive ketones (excluding diaryl/α,β-unsaturated/α-hetero) is 1. The van der Waals surface area contributed by atoms with Crippen LogP contribution in [-0.2, 0) is 9.59 Å². The number of methoxy groups -OCH3 is 1. The van der Waals surface area contributed by atoms with Crippen LogP contribution in [0, 0.1) is 0 Å². The van der Waals surface area contributed by atoms with E-state index in [4.69, 9.17) is 16.3 Å². The number of anilines is 1. The van der Waals surface area contributed by atoms with Crippen molar-refractivity contribution in [1.82, 2.24) is 9.97 Å². The number of ketones is 1. The highest BCUT2D eigenvalue weighted by molar-refractivity contribution is 7.22. The van der Waals surface area contributed by atoms with Gasteiger partial charge in [0.2, 0.25) is 0 Å². The minimum absolute atomic E-state index is 0.112. The second kappa shape index (κ2) is 8.31. The molecule has 1 amide bonds. The van der Waals surface area contributed by atoms with Gasteiger partial charge in [0.1, 0.15) is 17.6 Å². The lowest BCUT2D eigenvalue weighted by atomic mass is 9.98. The molecule has 1 unspecified atom stereocenters. The van der Waals surface area contributed by atoms with E-state index in [1.165, 1.54) is 29.4 Å². The molecule has 1 aliphatic heterocycles. The lowest BCUT2D eigenvalue weighted by Gasteiger charge is -2.22. The Hall–Kier alpha value is -3.75. The number of amides is 1. The van der Waals surface area contributed by atoms with Gasteiger partial charge in [0, 0.05) is 11.2 Å². The molecule has 1 aliphatic rings. The zero-order valence-electron chi connectivity index (χ0n) is 17.2. The van der Waals surface area contributed by atoms with E-state index in [9.17, 15) is 14.7 Å². The van der Waals surface area contributed by atoms with E-state index in [0.717, 1.165) is 4.70 Å². The third-order valence-electron chi connectivity index (χ3n) is 5.32. The number of benzene rings is 2. The molecule has 0 spiro atoms. The van der Waals surface area contributed by atoms with Gasteiger partial charge >= 0.3 is 5.91 Å². The number of aliphatic hydroxyl groups excluding tert-OH is 1. The van der Waals surface area contributed by atoms with Gasteiger partial charge in [-0.05, 0) is 42.5 Å². The molecule has 0 bridgehead atoms. The number of thiazole rings is 1. The number of carbonyl (C=O) groups is 2. The largest absolute Gasteiger partial charge is 0.507 e. The summed E-state index contributed by atoms with van der Waals surface area (Å²) in [7, 11) is 1.44. The number of aliphatic hydroxyl groups is 1. The van der Waals surface area contributed by atoms with Crippen molar-refractivity contribution in [2.24, 2.45) is 0 Å². The molecular formula is C24H16ClN3O4S. The average Bonchev–Trinajstić information content (AvgIpc) is 3.37. The quantitative estimate of drug-likeness (QED) is 0.253. The highest BCUT2D eigenvalue weighted by atomic mass is 35.5. The van der Waals surface area contributed by atoms with Crippen LogP contribution < -0.4 is 9.64 Å². The van der Waals surface area contributed by atoms with E-state index in [1.807, 2.05) is 24.3 Å². The first-order valence-electron chi connectivity index (χ1n) is 9.91. The van der Waals surface area contributed by atoms with Crippen molar-refractivity contribution in [3.63, 3.8) is 0 Å². The van der Waals surface area contributed by atoms with Crippen molar-refractivity contribution in [1.29, 1.82) is 0 Å². The number of rotatable bonds is 4. The Morgan fingerprint density at radius 1 is 1.12 bits per heavy atom. The molecule has 164 valence electrons. The molecule has 7 nitrogen and oxygen atoms in total. The molecule has 3 heterocycles. The second-order valence-corrected chi connectivity index (χ2v) is 8.68. The van der Waals surface area contributed by atoms with Crippen LogP contribution >= 0.6 is 22.9 Å². The first-order chi connectivity index (χ1) is 16.0. The highest BCUT2D eigenvalue weighted by Crippen LogP contribution is 2.44. The van der Waals surface area contributed by atoms with E-state index in [2.05, 4.69) is 9.97 Å². The molecule has 2 aromatic carbocycles. The molecule has 4 aromatic rings. The van der Waals surface area contributed by atoms with Crippen LogP contribution in [0.4, 0.5) is 5.13 Å². The van der Waals surface area contributed by atoms with Crippen LogP contribution in [-0.4, -0.2) is 33.9 Å². The zero-order valence-corrected chi connectivity index (χ0v) is 18.8. The molecule has 2 aromatic heterocycles. The van der Waals surface area contributed by atoms with Gasteiger partial charge in [-0.1, -0.05) is 41.1 Å². The molecule has 5 rings (SSSR count). The molecule has 1 N–H and O–H groups in total. The van der Waals surface area contributed by atoms with Crippen molar-refractivity contribution in [2.45, 2.75) is 6.04 Å². The molecule has 9 heteroatoms. The summed E-state index contributed by atoms with van der Waals surface area (Å²) in [4.78, 5) is 36.7. The van der Waals surface area contributed by atoms with Crippen molar-refractivity contribution < 1.29 is 19.4 Å². The van der Waals surface area contributed by atoms with Crippen molar-refractivity contribution >= 4 is 55.7 Å². The Morgan fingerprint density at radius 2 is 1.91 bits per heavy atom. The first-order valence-corrected chi connectivity index (χ1v) is 11.1. The Balaban J connectivity index is 1.76. The van der Waals surface area contributed by atoms with Gasteiger partial charge in [0.25, 0.3) is 5.78 Å². The smallest absolute Gasteiger partial charge is 0.301 e. The summed E-state index contributed by atoms with van der Waals surface area (Å²) >= 11 is 7.42. The van der Waals surface area contributed by atoms with Gasteiger partial charge < -0.3 is 9.84 Å². The normalized spacial score (nSPS) is 17.6. The van der Waals surface area contributed by atoms with Gasteiger partial charge in [-0.25, -0.2) is 4.98 Å². The molecule has 1 saturated heterocycles. The fraction of sp³-hybridized carbons (Fsp3) is 0.0833. The van der Waals surface area contributed by atoms with E-state index in [-0.39, 0.29) is 11.1 Å². The lowest BCUT2D eigenvalue weighted by Crippen LogP contribution is -2.29. The zero-order chi connectivity index (χ0) is 23.1. The van der Waals surface area contributed by atoms with E-state index in [0.29, 0.717) is 27.1 Å². The number of hydrogen-bond acceptors (Lipinski definition) is 7. The third kappa shape index (κ3) is 3.53. The Morgan fingerprint density at radius 3 is 2.64 bits per heavy atom. The van der Waals surface area contributed by atoms with Crippen LogP contribution in [0.25, 0.3) is 16.0 Å². The number of aromatic nitrogens is 2. The molecule has 1 fully saturated rings. The van der Waals surface area contributed by atoms with Crippen LogP contribution in [0.5, 0.6) is 5.75 Å². The minimum Gasteiger partial charge on any atom is -0.507 e. The lowest BCUT2D eigenvalue weighted by molar-refractivity contribution is -0.132. The van der Waals surface area contributed by atoms with Crippen molar-refractivity contribution in [3.8, 4) is 5.75 Å². The summed E-state index contributed by atoms with van der Waals surface area (Å²) in [6.45, 7) is 0. The summed E-state index contributed by atoms with van der Waals surface area (Å²) in [6.07, 6.45) is 1.56. The third-order valence-corrected chi connectivity index (χ3v) is 6.59. The topological polar surface area (TPSA) is 92.6 Å². The Kier molecular flexibility index (Phi) is 5.32. The van der Waals surface area contributed by atoms with Gasteiger partial charge in [0.05, 0.1) is 34.2 Å².